The van der Waals surface area contributed by atoms with E-state index in [9.17, 15) is 25.3 Å². The number of benzene rings is 3. The van der Waals surface area contributed by atoms with E-state index in [4.69, 9.17) is 11.6 Å². The molecule has 0 heterocycles. The van der Waals surface area contributed by atoms with Crippen LogP contribution in [0.5, 0.6) is 0 Å². The molecule has 404 valence electrons. The van der Waals surface area contributed by atoms with Crippen LogP contribution in [0.3, 0.4) is 0 Å². The molecule has 0 unspecified atom stereocenters. The van der Waals surface area contributed by atoms with Gasteiger partial charge < -0.3 is 0 Å². The van der Waals surface area contributed by atoms with Gasteiger partial charge in [0.2, 0.25) is 0 Å². The fourth-order valence-corrected chi connectivity index (χ4v) is 20.6. The van der Waals surface area contributed by atoms with Crippen LogP contribution in [0.1, 0.15) is 244 Å². The van der Waals surface area contributed by atoms with Gasteiger partial charge in [-0.25, -0.2) is 0 Å². The summed E-state index contributed by atoms with van der Waals surface area (Å²) >= 11 is -6.61. The molecular weight excluding hydrogens is 989 g/mol. The molecule has 0 aliphatic carbocycles. The maximum absolute atomic E-state index is 14.7. The molecule has 10 nitrogen and oxygen atoms in total. The Morgan fingerprint density at radius 3 is 0.775 bits per heavy atom. The molecule has 3 aromatic carbocycles. The van der Waals surface area contributed by atoms with E-state index >= 15 is 0 Å². The van der Waals surface area contributed by atoms with Gasteiger partial charge >= 0.3 is 364 Å². The molecule has 0 N–H and O–H groups in total. The predicted octanol–water partition coefficient (Wildman–Crippen LogP) is 16.8. The summed E-state index contributed by atoms with van der Waals surface area (Å²) in [4.78, 5) is -0.658. The fraction of sp³-hybridized carbons (Fsp3) is 0.684. The van der Waals surface area contributed by atoms with Gasteiger partial charge in [0.15, 0.2) is 0 Å². The molecule has 3 aromatic rings. The summed E-state index contributed by atoms with van der Waals surface area (Å²) < 4.78 is 112. The molecule has 14 heteroatoms. The van der Waals surface area contributed by atoms with E-state index in [-0.39, 0.29) is 14.7 Å². The van der Waals surface area contributed by atoms with E-state index in [2.05, 4.69) is 20.8 Å². The van der Waals surface area contributed by atoms with Gasteiger partial charge in [0.25, 0.3) is 0 Å². The van der Waals surface area contributed by atoms with Crippen LogP contribution in [0.15, 0.2) is 87.5 Å². The van der Waals surface area contributed by atoms with Crippen molar-refractivity contribution in [2.24, 2.45) is 0 Å². The Morgan fingerprint density at radius 2 is 0.549 bits per heavy atom. The first-order valence-corrected chi connectivity index (χ1v) is 34.8. The fourth-order valence-electron chi connectivity index (χ4n) is 9.20. The zero-order valence-electron chi connectivity index (χ0n) is 44.6. The third-order valence-corrected chi connectivity index (χ3v) is 24.4. The van der Waals surface area contributed by atoms with Crippen LogP contribution < -0.4 is 0 Å². The average molecular weight is 1080 g/mol. The summed E-state index contributed by atoms with van der Waals surface area (Å²) in [6.07, 6.45) is 33.8. The first-order valence-electron chi connectivity index (χ1n) is 28.0. The molecule has 3 rings (SSSR count). The van der Waals surface area contributed by atoms with Crippen molar-refractivity contribution in [2.75, 3.05) is 0 Å². The van der Waals surface area contributed by atoms with Crippen molar-refractivity contribution in [3.8, 4) is 0 Å². The minimum atomic E-state index is -6.61. The zero-order chi connectivity index (χ0) is 51.7. The molecule has 0 amide bonds. The molecule has 0 radical (unpaired) electrons. The van der Waals surface area contributed by atoms with E-state index in [0.29, 0.717) is 36.0 Å². The summed E-state index contributed by atoms with van der Waals surface area (Å²) in [6, 6.07) is 19.1. The first-order chi connectivity index (χ1) is 34.2. The Balaban J connectivity index is 1.94. The Kier molecular flexibility index (Phi) is 32.2. The van der Waals surface area contributed by atoms with E-state index in [0.717, 1.165) is 77.0 Å². The summed E-state index contributed by atoms with van der Waals surface area (Å²) in [6.45, 7) is 9.70. The topological polar surface area (TPSA) is 139 Å². The second kappa shape index (κ2) is 36.1. The Morgan fingerprint density at radius 1 is 0.338 bits per heavy atom. The minimum Gasteiger partial charge on any atom is -0.0654 e. The second-order valence-corrected chi connectivity index (χ2v) is 28.7. The quantitative estimate of drug-likeness (QED) is 0.0397. The monoisotopic (exact) mass is 1080 g/mol. The molecule has 71 heavy (non-hydrogen) atoms. The van der Waals surface area contributed by atoms with Gasteiger partial charge in [0, 0.05) is 0 Å². The van der Waals surface area contributed by atoms with Crippen LogP contribution in [0.2, 0.25) is 0 Å². The maximum atomic E-state index is 14.7. The number of hydrogen-bond acceptors (Lipinski definition) is 10. The number of aryl methyl sites for hydroxylation is 3. The van der Waals surface area contributed by atoms with E-state index in [1.165, 1.54) is 148 Å². The van der Waals surface area contributed by atoms with Crippen molar-refractivity contribution in [3.63, 3.8) is 0 Å². The molecule has 0 saturated heterocycles. The summed E-state index contributed by atoms with van der Waals surface area (Å²) in [7, 11) is -14.9. The third kappa shape index (κ3) is 25.4. The number of unbranched alkanes of at least 4 members (excludes halogenated alkanes) is 27. The van der Waals surface area contributed by atoms with Crippen molar-refractivity contribution in [3.05, 3.63) is 89.5 Å². The zero-order valence-corrected chi connectivity index (χ0v) is 48.7. The summed E-state index contributed by atoms with van der Waals surface area (Å²) in [5, 5.41) is 0. The van der Waals surface area contributed by atoms with Crippen LogP contribution >= 0.6 is 0 Å². The molecule has 0 spiro atoms. The van der Waals surface area contributed by atoms with Crippen molar-refractivity contribution in [1.29, 1.82) is 0 Å². The van der Waals surface area contributed by atoms with Crippen LogP contribution in [-0.2, 0) is 79.4 Å². The van der Waals surface area contributed by atoms with Crippen molar-refractivity contribution < 1.29 is 55.0 Å². The van der Waals surface area contributed by atoms with Gasteiger partial charge in [-0.15, -0.1) is 0 Å². The standard InChI is InChI=1S/3C18H30O3S.C3H7O.Ti/c3*1-2-3-4-5-6-7-8-9-10-11-14-17-15-12-13-16-18(17)22(19,20)21;1-3(2)4;/h3*12-13,15-16H,2-11,14H2,1H3,(H,19,20,21);3H,1-2H3;/q;;;-1;+4/p-3. The number of hydrogen-bond donors (Lipinski definition) is 0. The first kappa shape index (κ1) is 63.4. The molecule has 0 aliphatic rings. The predicted molar refractivity (Wildman–Crippen MR) is 287 cm³/mol. The minimum absolute atomic E-state index is 0.219. The molecular formula is C57H94O10S3Ti. The van der Waals surface area contributed by atoms with Crippen LogP contribution in [0, 0.1) is 0 Å². The second-order valence-electron chi connectivity index (χ2n) is 19.9. The van der Waals surface area contributed by atoms with Gasteiger partial charge in [-0.3, -0.25) is 0 Å². The van der Waals surface area contributed by atoms with Gasteiger partial charge in [-0.05, 0) is 0 Å². The van der Waals surface area contributed by atoms with Crippen LogP contribution in [-0.4, -0.2) is 31.4 Å². The van der Waals surface area contributed by atoms with E-state index in [1.807, 2.05) is 0 Å². The third-order valence-electron chi connectivity index (χ3n) is 13.1. The molecule has 0 bridgehead atoms. The SMILES string of the molecule is CCCCCCCCCCCCc1ccccc1S(=O)(=O)[O][Ti]([O]C(C)C)([O]S(=O)(=O)c1ccccc1CCCCCCCCCCCC)[O]S(=O)(=O)c1ccccc1CCCCCCCCCCCC. The van der Waals surface area contributed by atoms with Crippen molar-refractivity contribution >= 4 is 30.4 Å². The summed E-state index contributed by atoms with van der Waals surface area (Å²) in [5.41, 5.74) is 1.38. The average Bonchev–Trinajstić information content (AvgIpc) is 3.33. The smallest absolute Gasteiger partial charge is 0.0654 e. The molecule has 0 saturated carbocycles. The normalized spacial score (nSPS) is 12.6. The van der Waals surface area contributed by atoms with Crippen molar-refractivity contribution in [2.45, 2.75) is 267 Å². The van der Waals surface area contributed by atoms with Crippen LogP contribution in [0.4, 0.5) is 0 Å². The molecule has 0 aliphatic heterocycles. The van der Waals surface area contributed by atoms with E-state index < -0.39 is 54.6 Å². The summed E-state index contributed by atoms with van der Waals surface area (Å²) in [5.74, 6) is 0. The van der Waals surface area contributed by atoms with Gasteiger partial charge in [-0.1, -0.05) is 78.6 Å². The van der Waals surface area contributed by atoms with Crippen molar-refractivity contribution in [1.82, 2.24) is 0 Å². The van der Waals surface area contributed by atoms with Gasteiger partial charge in [0.05, 0.1) is 0 Å². The van der Waals surface area contributed by atoms with Gasteiger partial charge in [-0.2, -0.15) is 0 Å². The number of rotatable bonds is 44. The molecule has 0 fully saturated rings. The van der Waals surface area contributed by atoms with Crippen LogP contribution in [0.25, 0.3) is 0 Å². The van der Waals surface area contributed by atoms with Gasteiger partial charge in [0.1, 0.15) is 0 Å². The Hall–Kier alpha value is -1.94. The Labute approximate surface area is 439 Å². The molecule has 0 aromatic heterocycles. The molecule has 0 atom stereocenters. The Bertz CT molecular complexity index is 1970. The van der Waals surface area contributed by atoms with E-state index in [1.54, 1.807) is 54.6 Å².